The molecule has 1 amide bonds. The number of nitro groups is 1. The van der Waals surface area contributed by atoms with Gasteiger partial charge in [0.25, 0.3) is 11.6 Å². The SMILES string of the molecule is N#CNC(=O)c1cc([N+](=O)[O-])cs1. The van der Waals surface area contributed by atoms with Crippen molar-refractivity contribution in [2.24, 2.45) is 0 Å². The number of amides is 1. The minimum absolute atomic E-state index is 0.145. The predicted molar refractivity (Wildman–Crippen MR) is 44.1 cm³/mol. The molecule has 0 spiro atoms. The van der Waals surface area contributed by atoms with E-state index in [0.717, 1.165) is 17.4 Å². The molecule has 6 nitrogen and oxygen atoms in total. The second-order valence-corrected chi connectivity index (χ2v) is 2.90. The molecule has 1 heterocycles. The van der Waals surface area contributed by atoms with Crippen molar-refractivity contribution >= 4 is 22.9 Å². The molecule has 0 bridgehead atoms. The lowest BCUT2D eigenvalue weighted by Gasteiger charge is -1.87. The maximum atomic E-state index is 10.9. The number of nitriles is 1. The van der Waals surface area contributed by atoms with Gasteiger partial charge in [-0.05, 0) is 0 Å². The first kappa shape index (κ1) is 9.15. The highest BCUT2D eigenvalue weighted by molar-refractivity contribution is 7.12. The normalized spacial score (nSPS) is 8.85. The Bertz CT molecular complexity index is 392. The Morgan fingerprint density at radius 1 is 1.77 bits per heavy atom. The lowest BCUT2D eigenvalue weighted by atomic mass is 10.4. The van der Waals surface area contributed by atoms with E-state index in [0.29, 0.717) is 0 Å². The van der Waals surface area contributed by atoms with Crippen molar-refractivity contribution in [2.75, 3.05) is 0 Å². The summed E-state index contributed by atoms with van der Waals surface area (Å²) in [5.74, 6) is -0.624. The fourth-order valence-electron chi connectivity index (χ4n) is 0.653. The van der Waals surface area contributed by atoms with Crippen LogP contribution in [0.3, 0.4) is 0 Å². The van der Waals surface area contributed by atoms with Crippen molar-refractivity contribution in [2.45, 2.75) is 0 Å². The molecule has 0 fully saturated rings. The van der Waals surface area contributed by atoms with Gasteiger partial charge in [0.1, 0.15) is 0 Å². The first-order chi connectivity index (χ1) is 6.15. The standard InChI is InChI=1S/C6H3N3O3S/c7-3-8-6(10)5-1-4(2-13-5)9(11)12/h1-2H,(H,8,10). The third kappa shape index (κ3) is 2.00. The number of thiophene rings is 1. The predicted octanol–water partition coefficient (Wildman–Crippen LogP) is 0.867. The third-order valence-corrected chi connectivity index (χ3v) is 2.11. The fraction of sp³-hybridized carbons (Fsp3) is 0. The van der Waals surface area contributed by atoms with E-state index < -0.39 is 10.8 Å². The molecule has 1 N–H and O–H groups in total. The van der Waals surface area contributed by atoms with Gasteiger partial charge in [-0.1, -0.05) is 0 Å². The Labute approximate surface area is 76.6 Å². The van der Waals surface area contributed by atoms with Crippen LogP contribution in [0, 0.1) is 21.6 Å². The van der Waals surface area contributed by atoms with Gasteiger partial charge in [-0.3, -0.25) is 20.2 Å². The van der Waals surface area contributed by atoms with E-state index in [4.69, 9.17) is 5.26 Å². The summed E-state index contributed by atoms with van der Waals surface area (Å²) in [6.07, 6.45) is 1.44. The second-order valence-electron chi connectivity index (χ2n) is 1.99. The van der Waals surface area contributed by atoms with E-state index in [1.807, 2.05) is 5.32 Å². The van der Waals surface area contributed by atoms with Crippen LogP contribution >= 0.6 is 11.3 Å². The number of carbonyl (C=O) groups excluding carboxylic acids is 1. The zero-order valence-electron chi connectivity index (χ0n) is 6.18. The number of hydrogen-bond donors (Lipinski definition) is 1. The van der Waals surface area contributed by atoms with Gasteiger partial charge in [0.2, 0.25) is 0 Å². The monoisotopic (exact) mass is 197 g/mol. The number of nitrogens with one attached hydrogen (secondary N) is 1. The summed E-state index contributed by atoms with van der Waals surface area (Å²) in [6.45, 7) is 0. The molecule has 0 aromatic carbocycles. The van der Waals surface area contributed by atoms with Crippen LogP contribution in [0.2, 0.25) is 0 Å². The van der Waals surface area contributed by atoms with Gasteiger partial charge in [0.15, 0.2) is 6.19 Å². The molecule has 7 heteroatoms. The van der Waals surface area contributed by atoms with E-state index in [2.05, 4.69) is 0 Å². The summed E-state index contributed by atoms with van der Waals surface area (Å²) in [5.41, 5.74) is -0.145. The maximum Gasteiger partial charge on any atom is 0.280 e. The van der Waals surface area contributed by atoms with Crippen molar-refractivity contribution in [1.82, 2.24) is 5.32 Å². The molecule has 66 valence electrons. The molecule has 0 aliphatic heterocycles. The van der Waals surface area contributed by atoms with Crippen LogP contribution in [0.4, 0.5) is 5.69 Å². The van der Waals surface area contributed by atoms with E-state index in [1.54, 1.807) is 0 Å². The average Bonchev–Trinajstić information content (AvgIpc) is 2.52. The van der Waals surface area contributed by atoms with Gasteiger partial charge in [-0.25, -0.2) is 0 Å². The lowest BCUT2D eigenvalue weighted by molar-refractivity contribution is -0.384. The van der Waals surface area contributed by atoms with E-state index in [-0.39, 0.29) is 10.6 Å². The second kappa shape index (κ2) is 3.64. The van der Waals surface area contributed by atoms with Crippen molar-refractivity contribution in [3.8, 4) is 6.19 Å². The van der Waals surface area contributed by atoms with E-state index in [9.17, 15) is 14.9 Å². The van der Waals surface area contributed by atoms with Crippen LogP contribution in [0.25, 0.3) is 0 Å². The first-order valence-corrected chi connectivity index (χ1v) is 3.95. The molecule has 0 radical (unpaired) electrons. The molecule has 1 rings (SSSR count). The molecule has 0 atom stereocenters. The molecule has 1 aromatic heterocycles. The van der Waals surface area contributed by atoms with Crippen molar-refractivity contribution in [3.05, 3.63) is 26.4 Å². The van der Waals surface area contributed by atoms with Crippen LogP contribution in [0.15, 0.2) is 11.4 Å². The largest absolute Gasteiger partial charge is 0.280 e. The van der Waals surface area contributed by atoms with Crippen LogP contribution in [-0.4, -0.2) is 10.8 Å². The van der Waals surface area contributed by atoms with Crippen LogP contribution in [-0.2, 0) is 0 Å². The topological polar surface area (TPSA) is 96.0 Å². The molecule has 0 aliphatic carbocycles. The molecular formula is C6H3N3O3S. The van der Waals surface area contributed by atoms with Crippen molar-refractivity contribution in [3.63, 3.8) is 0 Å². The fourth-order valence-corrected chi connectivity index (χ4v) is 1.40. The molecule has 0 saturated heterocycles. The van der Waals surface area contributed by atoms with Gasteiger partial charge >= 0.3 is 0 Å². The highest BCUT2D eigenvalue weighted by Crippen LogP contribution is 2.20. The summed E-state index contributed by atoms with van der Waals surface area (Å²) in [6, 6.07) is 1.12. The van der Waals surface area contributed by atoms with Gasteiger partial charge in [0, 0.05) is 6.07 Å². The number of hydrogen-bond acceptors (Lipinski definition) is 5. The zero-order chi connectivity index (χ0) is 9.84. The van der Waals surface area contributed by atoms with Gasteiger partial charge < -0.3 is 0 Å². The molecule has 0 saturated carbocycles. The molecule has 13 heavy (non-hydrogen) atoms. The molecular weight excluding hydrogens is 194 g/mol. The minimum Gasteiger partial charge on any atom is -0.267 e. The average molecular weight is 197 g/mol. The summed E-state index contributed by atoms with van der Waals surface area (Å²) < 4.78 is 0. The summed E-state index contributed by atoms with van der Waals surface area (Å²) in [5, 5.41) is 21.4. The van der Waals surface area contributed by atoms with E-state index >= 15 is 0 Å². The maximum absolute atomic E-state index is 10.9. The highest BCUT2D eigenvalue weighted by Gasteiger charge is 2.14. The lowest BCUT2D eigenvalue weighted by Crippen LogP contribution is -2.15. The Balaban J connectivity index is 2.87. The van der Waals surface area contributed by atoms with Gasteiger partial charge in [-0.2, -0.15) is 5.26 Å². The summed E-state index contributed by atoms with van der Waals surface area (Å²) in [7, 11) is 0. The molecule has 0 unspecified atom stereocenters. The van der Waals surface area contributed by atoms with Crippen LogP contribution in [0.1, 0.15) is 9.67 Å². The van der Waals surface area contributed by atoms with Gasteiger partial charge in [0.05, 0.1) is 15.2 Å². The number of rotatable bonds is 2. The summed E-state index contributed by atoms with van der Waals surface area (Å²) >= 11 is 0.921. The highest BCUT2D eigenvalue weighted by atomic mass is 32.1. The first-order valence-electron chi connectivity index (χ1n) is 3.07. The zero-order valence-corrected chi connectivity index (χ0v) is 7.00. The quantitative estimate of drug-likeness (QED) is 0.329. The number of carbonyl (C=O) groups is 1. The Morgan fingerprint density at radius 2 is 2.46 bits per heavy atom. The van der Waals surface area contributed by atoms with Crippen LogP contribution in [0.5, 0.6) is 0 Å². The number of nitrogens with zero attached hydrogens (tertiary/aromatic N) is 2. The summed E-state index contributed by atoms with van der Waals surface area (Å²) in [4.78, 5) is 20.7. The van der Waals surface area contributed by atoms with Crippen molar-refractivity contribution < 1.29 is 9.72 Å². The minimum atomic E-state index is -0.624. The smallest absolute Gasteiger partial charge is 0.267 e. The molecule has 1 aromatic rings. The van der Waals surface area contributed by atoms with E-state index in [1.165, 1.54) is 11.6 Å². The Morgan fingerprint density at radius 3 is 2.92 bits per heavy atom. The third-order valence-electron chi connectivity index (χ3n) is 1.19. The van der Waals surface area contributed by atoms with Crippen LogP contribution < -0.4 is 5.32 Å². The van der Waals surface area contributed by atoms with Gasteiger partial charge in [-0.15, -0.1) is 11.3 Å². The Hall–Kier alpha value is -1.94. The Kier molecular flexibility index (Phi) is 2.56. The molecule has 0 aliphatic rings. The van der Waals surface area contributed by atoms with Crippen molar-refractivity contribution in [1.29, 1.82) is 5.26 Å².